The Balaban J connectivity index is 2.93. The fourth-order valence-corrected chi connectivity index (χ4v) is 1.63. The Hall–Kier alpha value is -2.05. The van der Waals surface area contributed by atoms with Gasteiger partial charge in [0, 0.05) is 11.8 Å². The molecule has 0 radical (unpaired) electrons. The van der Waals surface area contributed by atoms with Crippen molar-refractivity contribution >= 4 is 11.7 Å². The summed E-state index contributed by atoms with van der Waals surface area (Å²) < 4.78 is 38.5. The molecule has 7 heteroatoms. The fraction of sp³-hybridized carbons (Fsp3) is 0.462. The van der Waals surface area contributed by atoms with Gasteiger partial charge in [-0.1, -0.05) is 6.92 Å². The van der Waals surface area contributed by atoms with Crippen LogP contribution in [0.5, 0.6) is 11.5 Å². The van der Waals surface area contributed by atoms with Gasteiger partial charge < -0.3 is 19.5 Å². The number of hydrogen-bond acceptors (Lipinski definition) is 5. The number of benzene rings is 1. The Bertz CT molecular complexity index is 454. The largest absolute Gasteiger partial charge is 0.493 e. The highest BCUT2D eigenvalue weighted by Crippen LogP contribution is 2.31. The number of esters is 1. The second-order valence-corrected chi connectivity index (χ2v) is 3.87. The molecule has 0 spiro atoms. The van der Waals surface area contributed by atoms with Gasteiger partial charge in [0.15, 0.2) is 11.5 Å². The quantitative estimate of drug-likeness (QED) is 0.782. The topological polar surface area (TPSA) is 56.8 Å². The SMILES string of the molecule is CCC(Nc1ccc(OC)c(OC(F)F)c1)C(=O)OC. The number of alkyl halides is 2. The number of carbonyl (C=O) groups excluding carboxylic acids is 1. The van der Waals surface area contributed by atoms with E-state index >= 15 is 0 Å². The van der Waals surface area contributed by atoms with Crippen LogP contribution in [-0.2, 0) is 9.53 Å². The maximum Gasteiger partial charge on any atom is 0.387 e. The van der Waals surface area contributed by atoms with Gasteiger partial charge >= 0.3 is 12.6 Å². The summed E-state index contributed by atoms with van der Waals surface area (Å²) in [6, 6.07) is 3.86. The van der Waals surface area contributed by atoms with E-state index in [1.807, 2.05) is 0 Å². The van der Waals surface area contributed by atoms with Gasteiger partial charge in [-0.25, -0.2) is 4.79 Å². The van der Waals surface area contributed by atoms with Crippen molar-refractivity contribution in [1.82, 2.24) is 0 Å². The number of ether oxygens (including phenoxy) is 3. The van der Waals surface area contributed by atoms with Gasteiger partial charge in [-0.15, -0.1) is 0 Å². The van der Waals surface area contributed by atoms with Crippen molar-refractivity contribution in [2.75, 3.05) is 19.5 Å². The first-order valence-corrected chi connectivity index (χ1v) is 5.99. The van der Waals surface area contributed by atoms with Gasteiger partial charge in [0.25, 0.3) is 0 Å². The van der Waals surface area contributed by atoms with E-state index in [1.54, 1.807) is 13.0 Å². The van der Waals surface area contributed by atoms with E-state index in [4.69, 9.17) is 4.74 Å². The molecule has 0 heterocycles. The van der Waals surface area contributed by atoms with E-state index in [0.29, 0.717) is 12.1 Å². The molecular weight excluding hydrogens is 272 g/mol. The third-order valence-electron chi connectivity index (χ3n) is 2.61. The minimum Gasteiger partial charge on any atom is -0.493 e. The Morgan fingerprint density at radius 1 is 1.30 bits per heavy atom. The lowest BCUT2D eigenvalue weighted by atomic mass is 10.2. The zero-order valence-corrected chi connectivity index (χ0v) is 11.5. The van der Waals surface area contributed by atoms with Crippen molar-refractivity contribution in [3.8, 4) is 11.5 Å². The zero-order valence-electron chi connectivity index (χ0n) is 11.5. The molecule has 1 atom stereocenters. The third kappa shape index (κ3) is 4.25. The number of hydrogen-bond donors (Lipinski definition) is 1. The number of carbonyl (C=O) groups is 1. The molecule has 112 valence electrons. The second-order valence-electron chi connectivity index (χ2n) is 3.87. The predicted octanol–water partition coefficient (Wildman–Crippen LogP) is 2.66. The molecule has 20 heavy (non-hydrogen) atoms. The van der Waals surface area contributed by atoms with E-state index in [2.05, 4.69) is 14.8 Å². The lowest BCUT2D eigenvalue weighted by molar-refractivity contribution is -0.141. The molecule has 0 fully saturated rings. The average molecular weight is 289 g/mol. The monoisotopic (exact) mass is 289 g/mol. The highest BCUT2D eigenvalue weighted by molar-refractivity contribution is 5.79. The molecule has 1 aromatic carbocycles. The van der Waals surface area contributed by atoms with Crippen molar-refractivity contribution in [3.05, 3.63) is 18.2 Å². The second kappa shape index (κ2) is 7.52. The molecule has 5 nitrogen and oxygen atoms in total. The standard InChI is InChI=1S/C13H17F2NO4/c1-4-9(12(17)19-3)16-8-5-6-10(18-2)11(7-8)20-13(14)15/h5-7,9,13,16H,4H2,1-3H3. The van der Waals surface area contributed by atoms with Crippen molar-refractivity contribution in [2.45, 2.75) is 26.0 Å². The first kappa shape index (κ1) is 16.0. The van der Waals surface area contributed by atoms with Crippen LogP contribution < -0.4 is 14.8 Å². The Morgan fingerprint density at radius 2 is 2.00 bits per heavy atom. The van der Waals surface area contributed by atoms with E-state index < -0.39 is 18.6 Å². The van der Waals surface area contributed by atoms with Gasteiger partial charge in [0.1, 0.15) is 6.04 Å². The van der Waals surface area contributed by atoms with Gasteiger partial charge in [0.2, 0.25) is 0 Å². The van der Waals surface area contributed by atoms with E-state index in [0.717, 1.165) is 0 Å². The van der Waals surface area contributed by atoms with Gasteiger partial charge in [0.05, 0.1) is 14.2 Å². The highest BCUT2D eigenvalue weighted by Gasteiger charge is 2.18. The summed E-state index contributed by atoms with van der Waals surface area (Å²) in [6.07, 6.45) is 0.490. The minimum atomic E-state index is -2.96. The van der Waals surface area contributed by atoms with E-state index in [9.17, 15) is 13.6 Å². The maximum absolute atomic E-state index is 12.3. The molecule has 0 aliphatic rings. The van der Waals surface area contributed by atoms with Gasteiger partial charge in [-0.3, -0.25) is 0 Å². The fourth-order valence-electron chi connectivity index (χ4n) is 1.63. The summed E-state index contributed by atoms with van der Waals surface area (Å²) >= 11 is 0. The molecule has 0 aromatic heterocycles. The first-order valence-electron chi connectivity index (χ1n) is 5.99. The molecule has 1 unspecified atom stereocenters. The van der Waals surface area contributed by atoms with E-state index in [1.165, 1.54) is 26.4 Å². The normalized spacial score (nSPS) is 11.9. The Labute approximate surface area is 115 Å². The Morgan fingerprint density at radius 3 is 2.50 bits per heavy atom. The lowest BCUT2D eigenvalue weighted by Crippen LogP contribution is -2.29. The summed E-state index contributed by atoms with van der Waals surface area (Å²) in [5.74, 6) is -0.353. The van der Waals surface area contributed by atoms with Gasteiger partial charge in [-0.2, -0.15) is 8.78 Å². The number of rotatable bonds is 7. The van der Waals surface area contributed by atoms with Crippen LogP contribution in [0.15, 0.2) is 18.2 Å². The van der Waals surface area contributed by atoms with Crippen LogP contribution in [0.1, 0.15) is 13.3 Å². The van der Waals surface area contributed by atoms with Crippen molar-refractivity contribution < 1.29 is 27.8 Å². The Kier molecular flexibility index (Phi) is 6.02. The molecule has 0 saturated carbocycles. The predicted molar refractivity (Wildman–Crippen MR) is 69.3 cm³/mol. The molecule has 0 aliphatic carbocycles. The minimum absolute atomic E-state index is 0.104. The van der Waals surface area contributed by atoms with Crippen molar-refractivity contribution in [1.29, 1.82) is 0 Å². The molecule has 0 bridgehead atoms. The molecule has 0 amide bonds. The summed E-state index contributed by atoms with van der Waals surface area (Å²) in [5, 5.41) is 2.89. The lowest BCUT2D eigenvalue weighted by Gasteiger charge is -2.17. The average Bonchev–Trinajstić information content (AvgIpc) is 2.43. The van der Waals surface area contributed by atoms with Crippen molar-refractivity contribution in [3.63, 3.8) is 0 Å². The summed E-state index contributed by atoms with van der Waals surface area (Å²) in [4.78, 5) is 11.5. The van der Waals surface area contributed by atoms with Gasteiger partial charge in [-0.05, 0) is 18.6 Å². The number of halogens is 2. The summed E-state index contributed by atoms with van der Waals surface area (Å²) in [6.45, 7) is -1.16. The summed E-state index contributed by atoms with van der Waals surface area (Å²) in [7, 11) is 2.64. The van der Waals surface area contributed by atoms with Crippen LogP contribution in [-0.4, -0.2) is 32.8 Å². The third-order valence-corrected chi connectivity index (χ3v) is 2.61. The van der Waals surface area contributed by atoms with Crippen molar-refractivity contribution in [2.24, 2.45) is 0 Å². The molecular formula is C13H17F2NO4. The maximum atomic E-state index is 12.3. The number of nitrogens with one attached hydrogen (secondary N) is 1. The zero-order chi connectivity index (χ0) is 15.1. The first-order chi connectivity index (χ1) is 9.51. The number of anilines is 1. The molecule has 0 saturated heterocycles. The van der Waals surface area contributed by atoms with E-state index in [-0.39, 0.29) is 11.5 Å². The molecule has 1 aromatic rings. The number of methoxy groups -OCH3 is 2. The smallest absolute Gasteiger partial charge is 0.387 e. The highest BCUT2D eigenvalue weighted by atomic mass is 19.3. The van der Waals surface area contributed by atoms with Crippen LogP contribution in [0.4, 0.5) is 14.5 Å². The van der Waals surface area contributed by atoms with Crippen LogP contribution in [0.2, 0.25) is 0 Å². The van der Waals surface area contributed by atoms with Crippen LogP contribution >= 0.6 is 0 Å². The summed E-state index contributed by atoms with van der Waals surface area (Å²) in [5.41, 5.74) is 0.457. The molecule has 1 rings (SSSR count). The van der Waals surface area contributed by atoms with Crippen LogP contribution in [0.25, 0.3) is 0 Å². The van der Waals surface area contributed by atoms with Crippen LogP contribution in [0, 0.1) is 0 Å². The molecule has 1 N–H and O–H groups in total. The van der Waals surface area contributed by atoms with Crippen LogP contribution in [0.3, 0.4) is 0 Å². The molecule has 0 aliphatic heterocycles.